The highest BCUT2D eigenvalue weighted by Gasteiger charge is 2.26. The van der Waals surface area contributed by atoms with Crippen LogP contribution in [0.1, 0.15) is 48.5 Å². The van der Waals surface area contributed by atoms with Crippen molar-refractivity contribution < 1.29 is 4.79 Å². The van der Waals surface area contributed by atoms with E-state index in [4.69, 9.17) is 0 Å². The van der Waals surface area contributed by atoms with Gasteiger partial charge >= 0.3 is 0 Å². The Morgan fingerprint density at radius 1 is 1.38 bits per heavy atom. The number of carbonyl (C=O) groups excluding carboxylic acids is 1. The number of aryl methyl sites for hydroxylation is 1. The molecule has 21 heavy (non-hydrogen) atoms. The Morgan fingerprint density at radius 3 is 2.86 bits per heavy atom. The average molecular weight is 306 g/mol. The lowest BCUT2D eigenvalue weighted by atomic mass is 10.1. The van der Waals surface area contributed by atoms with Crippen molar-refractivity contribution in [2.24, 2.45) is 0 Å². The van der Waals surface area contributed by atoms with E-state index in [2.05, 4.69) is 36.8 Å². The highest BCUT2D eigenvalue weighted by atomic mass is 32.2. The molecule has 0 saturated heterocycles. The Morgan fingerprint density at radius 2 is 2.19 bits per heavy atom. The normalized spacial score (nSPS) is 21.3. The summed E-state index contributed by atoms with van der Waals surface area (Å²) in [4.78, 5) is 12.5. The van der Waals surface area contributed by atoms with Gasteiger partial charge in [0.2, 0.25) is 0 Å². The van der Waals surface area contributed by atoms with Crippen LogP contribution in [0.4, 0.5) is 5.69 Å². The topological polar surface area (TPSA) is 41.1 Å². The van der Waals surface area contributed by atoms with Gasteiger partial charge < -0.3 is 10.6 Å². The number of hydrogen-bond donors (Lipinski definition) is 2. The molecule has 0 radical (unpaired) electrons. The van der Waals surface area contributed by atoms with E-state index in [9.17, 15) is 4.79 Å². The van der Waals surface area contributed by atoms with Crippen LogP contribution in [-0.2, 0) is 0 Å². The van der Waals surface area contributed by atoms with E-state index in [1.807, 2.05) is 23.9 Å². The lowest BCUT2D eigenvalue weighted by molar-refractivity contribution is 0.0939. The number of benzene rings is 1. The van der Waals surface area contributed by atoms with Gasteiger partial charge in [-0.25, -0.2) is 0 Å². The van der Waals surface area contributed by atoms with E-state index < -0.39 is 0 Å². The van der Waals surface area contributed by atoms with Gasteiger partial charge in [0, 0.05) is 23.5 Å². The highest BCUT2D eigenvalue weighted by Crippen LogP contribution is 2.28. The van der Waals surface area contributed by atoms with Crippen molar-refractivity contribution in [1.82, 2.24) is 5.32 Å². The van der Waals surface area contributed by atoms with Gasteiger partial charge in [0.05, 0.1) is 5.56 Å². The Bertz CT molecular complexity index is 490. The molecule has 0 heterocycles. The number of anilines is 1. The molecule has 2 rings (SSSR count). The number of thioether (sulfide) groups is 1. The molecule has 0 aromatic heterocycles. The van der Waals surface area contributed by atoms with Gasteiger partial charge in [-0.1, -0.05) is 13.0 Å². The van der Waals surface area contributed by atoms with Gasteiger partial charge in [-0.15, -0.1) is 0 Å². The van der Waals surface area contributed by atoms with Gasteiger partial charge in [-0.05, 0) is 56.6 Å². The van der Waals surface area contributed by atoms with E-state index in [0.29, 0.717) is 11.3 Å². The summed E-state index contributed by atoms with van der Waals surface area (Å²) in [6.07, 6.45) is 6.60. The van der Waals surface area contributed by atoms with Crippen LogP contribution in [0.5, 0.6) is 0 Å². The summed E-state index contributed by atoms with van der Waals surface area (Å²) < 4.78 is 0. The molecule has 2 atom stereocenters. The van der Waals surface area contributed by atoms with Gasteiger partial charge in [0.25, 0.3) is 5.91 Å². The smallest absolute Gasteiger partial charge is 0.253 e. The minimum absolute atomic E-state index is 0.0559. The lowest BCUT2D eigenvalue weighted by Gasteiger charge is -2.16. The number of amides is 1. The molecule has 2 N–H and O–H groups in total. The Kier molecular flexibility index (Phi) is 5.97. The predicted octanol–water partition coefficient (Wildman–Crippen LogP) is 3.83. The molecule has 4 heteroatoms. The maximum Gasteiger partial charge on any atom is 0.253 e. The van der Waals surface area contributed by atoms with Crippen molar-refractivity contribution in [3.05, 3.63) is 29.3 Å². The summed E-state index contributed by atoms with van der Waals surface area (Å²) in [6, 6.07) is 6.33. The molecule has 1 aliphatic rings. The molecule has 3 nitrogen and oxygen atoms in total. The summed E-state index contributed by atoms with van der Waals surface area (Å²) >= 11 is 1.91. The summed E-state index contributed by atoms with van der Waals surface area (Å²) in [7, 11) is 0. The van der Waals surface area contributed by atoms with Crippen LogP contribution < -0.4 is 10.6 Å². The first kappa shape index (κ1) is 16.2. The fraction of sp³-hybridized carbons (Fsp3) is 0.588. The molecule has 0 bridgehead atoms. The van der Waals surface area contributed by atoms with Gasteiger partial charge in [-0.2, -0.15) is 11.8 Å². The average Bonchev–Trinajstić information content (AvgIpc) is 2.92. The second-order valence-electron chi connectivity index (χ2n) is 5.82. The Labute approximate surface area is 132 Å². The van der Waals surface area contributed by atoms with Crippen LogP contribution in [0, 0.1) is 6.92 Å². The minimum Gasteiger partial charge on any atom is -0.384 e. The molecule has 1 fully saturated rings. The maximum absolute atomic E-state index is 12.5. The SMILES string of the molecule is CCCNc1cc(C)ccc1C(=O)NC1CCC(SC)C1. The fourth-order valence-corrected chi connectivity index (χ4v) is 3.61. The third-order valence-electron chi connectivity index (χ3n) is 4.04. The molecule has 1 saturated carbocycles. The number of nitrogens with one attached hydrogen (secondary N) is 2. The Balaban J connectivity index is 2.04. The molecule has 1 amide bonds. The van der Waals surface area contributed by atoms with E-state index >= 15 is 0 Å². The lowest BCUT2D eigenvalue weighted by Crippen LogP contribution is -2.33. The first-order valence-electron chi connectivity index (χ1n) is 7.82. The zero-order chi connectivity index (χ0) is 15.2. The van der Waals surface area contributed by atoms with Crippen LogP contribution >= 0.6 is 11.8 Å². The third-order valence-corrected chi connectivity index (χ3v) is 5.13. The molecule has 1 aliphatic carbocycles. The largest absolute Gasteiger partial charge is 0.384 e. The molecular weight excluding hydrogens is 280 g/mol. The molecule has 116 valence electrons. The van der Waals surface area contributed by atoms with Gasteiger partial charge in [-0.3, -0.25) is 4.79 Å². The van der Waals surface area contributed by atoms with Crippen molar-refractivity contribution in [2.75, 3.05) is 18.1 Å². The molecule has 2 unspecified atom stereocenters. The van der Waals surface area contributed by atoms with Crippen molar-refractivity contribution in [1.29, 1.82) is 0 Å². The quantitative estimate of drug-likeness (QED) is 0.839. The van der Waals surface area contributed by atoms with Crippen LogP contribution in [0.25, 0.3) is 0 Å². The summed E-state index contributed by atoms with van der Waals surface area (Å²) in [5, 5.41) is 7.27. The van der Waals surface area contributed by atoms with Gasteiger partial charge in [0.15, 0.2) is 0 Å². The predicted molar refractivity (Wildman–Crippen MR) is 92.4 cm³/mol. The second-order valence-corrected chi connectivity index (χ2v) is 6.96. The van der Waals surface area contributed by atoms with Crippen LogP contribution in [0.3, 0.4) is 0 Å². The number of hydrogen-bond acceptors (Lipinski definition) is 3. The van der Waals surface area contributed by atoms with E-state index in [0.717, 1.165) is 37.1 Å². The molecule has 1 aromatic carbocycles. The third kappa shape index (κ3) is 4.40. The highest BCUT2D eigenvalue weighted by molar-refractivity contribution is 7.99. The monoisotopic (exact) mass is 306 g/mol. The standard InChI is InChI=1S/C17H26N2OS/c1-4-9-18-16-10-12(2)5-8-15(16)17(20)19-13-6-7-14(11-13)21-3/h5,8,10,13-14,18H,4,6-7,9,11H2,1-3H3,(H,19,20). The molecule has 0 spiro atoms. The molecule has 0 aliphatic heterocycles. The first-order valence-corrected chi connectivity index (χ1v) is 9.11. The van der Waals surface area contributed by atoms with Crippen molar-refractivity contribution in [2.45, 2.75) is 50.8 Å². The second kappa shape index (κ2) is 7.74. The van der Waals surface area contributed by atoms with E-state index in [-0.39, 0.29) is 5.91 Å². The molecular formula is C17H26N2OS. The summed E-state index contributed by atoms with van der Waals surface area (Å²) in [5.74, 6) is 0.0559. The zero-order valence-corrected chi connectivity index (χ0v) is 14.1. The van der Waals surface area contributed by atoms with Crippen LogP contribution in [0.15, 0.2) is 18.2 Å². The molecule has 1 aromatic rings. The van der Waals surface area contributed by atoms with Crippen molar-refractivity contribution in [3.63, 3.8) is 0 Å². The number of carbonyl (C=O) groups is 1. The Hall–Kier alpha value is -1.16. The number of rotatable bonds is 6. The maximum atomic E-state index is 12.5. The zero-order valence-electron chi connectivity index (χ0n) is 13.2. The minimum atomic E-state index is 0.0559. The van der Waals surface area contributed by atoms with Gasteiger partial charge in [0.1, 0.15) is 0 Å². The first-order chi connectivity index (χ1) is 10.1. The van der Waals surface area contributed by atoms with Crippen molar-refractivity contribution >= 4 is 23.4 Å². The van der Waals surface area contributed by atoms with E-state index in [1.165, 1.54) is 12.0 Å². The van der Waals surface area contributed by atoms with Crippen LogP contribution in [-0.4, -0.2) is 30.0 Å². The summed E-state index contributed by atoms with van der Waals surface area (Å²) in [5.41, 5.74) is 2.89. The van der Waals surface area contributed by atoms with Crippen molar-refractivity contribution in [3.8, 4) is 0 Å². The van der Waals surface area contributed by atoms with E-state index in [1.54, 1.807) is 0 Å². The van der Waals surface area contributed by atoms with Crippen LogP contribution in [0.2, 0.25) is 0 Å². The fourth-order valence-electron chi connectivity index (χ4n) is 2.81. The summed E-state index contributed by atoms with van der Waals surface area (Å²) in [6.45, 7) is 5.07.